The number of nitrogens with zero attached hydrogens (tertiary/aromatic N) is 1. The SMILES string of the molecule is N#[C][Cu]([c]1ccccc1)[c]1ccccc1. The molecule has 0 aromatic heterocycles. The van der Waals surface area contributed by atoms with Crippen LogP contribution in [0.1, 0.15) is 0 Å². The molecule has 0 spiro atoms. The Hall–Kier alpha value is -1.55. The van der Waals surface area contributed by atoms with Crippen LogP contribution in [0.2, 0.25) is 0 Å². The number of hydrogen-bond donors (Lipinski definition) is 0. The average molecular weight is 244 g/mol. The van der Waals surface area contributed by atoms with Crippen molar-refractivity contribution in [2.45, 2.75) is 0 Å². The van der Waals surface area contributed by atoms with Gasteiger partial charge in [-0.3, -0.25) is 0 Å². The molecule has 0 heterocycles. The Balaban J connectivity index is 2.39. The molecule has 0 fully saturated rings. The van der Waals surface area contributed by atoms with Crippen LogP contribution in [0, 0.1) is 10.2 Å². The minimum absolute atomic E-state index is 0.379. The average Bonchev–Trinajstić information content (AvgIpc) is 2.33. The minimum atomic E-state index is -0.379. The summed E-state index contributed by atoms with van der Waals surface area (Å²) in [4.78, 5) is 2.36. The van der Waals surface area contributed by atoms with Gasteiger partial charge in [0.05, 0.1) is 0 Å². The maximum absolute atomic E-state index is 9.19. The van der Waals surface area contributed by atoms with Crippen molar-refractivity contribution in [3.63, 3.8) is 0 Å². The Labute approximate surface area is 93.9 Å². The number of nitriles is 1. The summed E-state index contributed by atoms with van der Waals surface area (Å²) in [5, 5.41) is 9.19. The van der Waals surface area contributed by atoms with Crippen molar-refractivity contribution in [3.05, 3.63) is 60.7 Å². The summed E-state index contributed by atoms with van der Waals surface area (Å²) < 4.78 is 2.14. The van der Waals surface area contributed by atoms with Crippen molar-refractivity contribution in [1.29, 1.82) is 5.26 Å². The summed E-state index contributed by atoms with van der Waals surface area (Å²) in [6.07, 6.45) is 0. The van der Waals surface area contributed by atoms with Crippen molar-refractivity contribution in [2.24, 2.45) is 0 Å². The molecule has 2 aromatic carbocycles. The molecule has 2 heteroatoms. The second-order valence-corrected chi connectivity index (χ2v) is 4.80. The Kier molecular flexibility index (Phi) is 3.19. The molecule has 0 radical (unpaired) electrons. The predicted octanol–water partition coefficient (Wildman–Crippen LogP) is 1.74. The van der Waals surface area contributed by atoms with Crippen molar-refractivity contribution in [3.8, 4) is 4.97 Å². The van der Waals surface area contributed by atoms with Crippen LogP contribution in [-0.4, -0.2) is 0 Å². The van der Waals surface area contributed by atoms with Crippen LogP contribution < -0.4 is 8.92 Å². The van der Waals surface area contributed by atoms with Gasteiger partial charge in [0.2, 0.25) is 0 Å². The van der Waals surface area contributed by atoms with Gasteiger partial charge in [0, 0.05) is 0 Å². The molecule has 0 saturated heterocycles. The normalized spacial score (nSPS) is 10.5. The zero-order chi connectivity index (χ0) is 10.5. The van der Waals surface area contributed by atoms with E-state index in [1.54, 1.807) is 0 Å². The number of benzene rings is 2. The van der Waals surface area contributed by atoms with Crippen molar-refractivity contribution < 1.29 is 13.9 Å². The van der Waals surface area contributed by atoms with Crippen LogP contribution in [0.3, 0.4) is 0 Å². The first kappa shape index (κ1) is 9.98. The fraction of sp³-hybridized carbons (Fsp3) is 0. The standard InChI is InChI=1S/2C6H5.CN.Cu/c2*1-2-4-6-5-3-1;1-2;/h2*1-5H;;. The van der Waals surface area contributed by atoms with E-state index >= 15 is 0 Å². The predicted molar refractivity (Wildman–Crippen MR) is 57.8 cm³/mol. The van der Waals surface area contributed by atoms with Crippen LogP contribution in [0.15, 0.2) is 60.7 Å². The first-order valence-electron chi connectivity index (χ1n) is 4.50. The molecule has 0 aliphatic rings. The number of rotatable bonds is 2. The first-order valence-corrected chi connectivity index (χ1v) is 5.91. The molecule has 15 heavy (non-hydrogen) atoms. The Morgan fingerprint density at radius 3 is 1.47 bits per heavy atom. The van der Waals surface area contributed by atoms with Gasteiger partial charge in [-0.2, -0.15) is 0 Å². The van der Waals surface area contributed by atoms with E-state index in [0.29, 0.717) is 0 Å². The molecular weight excluding hydrogens is 234 g/mol. The van der Waals surface area contributed by atoms with Gasteiger partial charge in [0.15, 0.2) is 0 Å². The molecule has 0 unspecified atom stereocenters. The maximum atomic E-state index is 9.19. The molecule has 2 rings (SSSR count). The van der Waals surface area contributed by atoms with Crippen LogP contribution in [-0.2, 0) is 13.9 Å². The fourth-order valence-corrected chi connectivity index (χ4v) is 2.73. The van der Waals surface area contributed by atoms with Crippen LogP contribution in [0.25, 0.3) is 0 Å². The van der Waals surface area contributed by atoms with Gasteiger partial charge in [0.25, 0.3) is 0 Å². The van der Waals surface area contributed by atoms with Gasteiger partial charge in [-0.25, -0.2) is 0 Å². The molecule has 0 atom stereocenters. The van der Waals surface area contributed by atoms with E-state index in [9.17, 15) is 5.26 Å². The van der Waals surface area contributed by atoms with Crippen LogP contribution >= 0.6 is 0 Å². The summed E-state index contributed by atoms with van der Waals surface area (Å²) in [6, 6.07) is 19.8. The van der Waals surface area contributed by atoms with Gasteiger partial charge in [-0.05, 0) is 0 Å². The third-order valence-corrected chi connectivity index (χ3v) is 3.76. The Morgan fingerprint density at radius 2 is 1.13 bits per heavy atom. The molecule has 0 saturated carbocycles. The Bertz CT molecular complexity index is 419. The molecule has 0 N–H and O–H groups in total. The van der Waals surface area contributed by atoms with E-state index in [2.05, 4.69) is 4.97 Å². The van der Waals surface area contributed by atoms with Gasteiger partial charge < -0.3 is 0 Å². The third kappa shape index (κ3) is 2.27. The van der Waals surface area contributed by atoms with E-state index < -0.39 is 0 Å². The van der Waals surface area contributed by atoms with Crippen molar-refractivity contribution in [1.82, 2.24) is 0 Å². The van der Waals surface area contributed by atoms with E-state index in [1.165, 1.54) is 0 Å². The fourth-order valence-electron chi connectivity index (χ4n) is 1.18. The van der Waals surface area contributed by atoms with Crippen molar-refractivity contribution >= 4 is 8.92 Å². The molecule has 0 aliphatic carbocycles. The van der Waals surface area contributed by atoms with E-state index in [1.807, 2.05) is 60.7 Å². The van der Waals surface area contributed by atoms with Gasteiger partial charge in [-0.15, -0.1) is 0 Å². The summed E-state index contributed by atoms with van der Waals surface area (Å²) >= 11 is -0.379. The zero-order valence-corrected chi connectivity index (χ0v) is 8.96. The zero-order valence-electron chi connectivity index (χ0n) is 8.02. The van der Waals surface area contributed by atoms with E-state index in [4.69, 9.17) is 0 Å². The molecule has 78 valence electrons. The van der Waals surface area contributed by atoms with Crippen molar-refractivity contribution in [2.75, 3.05) is 0 Å². The van der Waals surface area contributed by atoms with E-state index in [-0.39, 0.29) is 13.9 Å². The van der Waals surface area contributed by atoms with Gasteiger partial charge in [0.1, 0.15) is 0 Å². The molecule has 0 amide bonds. The summed E-state index contributed by atoms with van der Waals surface area (Å²) in [7, 11) is 0. The van der Waals surface area contributed by atoms with Gasteiger partial charge >= 0.3 is 93.7 Å². The molecule has 1 nitrogen and oxygen atoms in total. The first-order chi connectivity index (χ1) is 7.42. The Morgan fingerprint density at radius 1 is 0.733 bits per heavy atom. The molecule has 0 bridgehead atoms. The topological polar surface area (TPSA) is 23.8 Å². The van der Waals surface area contributed by atoms with Gasteiger partial charge in [-0.1, -0.05) is 0 Å². The molecule has 0 aliphatic heterocycles. The second-order valence-electron chi connectivity index (χ2n) is 2.80. The monoisotopic (exact) mass is 243 g/mol. The summed E-state index contributed by atoms with van der Waals surface area (Å²) in [5.41, 5.74) is 0. The second kappa shape index (κ2) is 4.79. The van der Waals surface area contributed by atoms with E-state index in [0.717, 1.165) is 8.92 Å². The molecular formula is C13H10CuN. The third-order valence-electron chi connectivity index (χ3n) is 1.83. The summed E-state index contributed by atoms with van der Waals surface area (Å²) in [6.45, 7) is 0. The van der Waals surface area contributed by atoms with Crippen LogP contribution in [0.5, 0.6) is 0 Å². The molecule has 2 aromatic rings. The van der Waals surface area contributed by atoms with Crippen LogP contribution in [0.4, 0.5) is 0 Å². The quantitative estimate of drug-likeness (QED) is 0.738. The number of hydrogen-bond acceptors (Lipinski definition) is 1. The summed E-state index contributed by atoms with van der Waals surface area (Å²) in [5.74, 6) is 0.